The number of benzene rings is 9. The van der Waals surface area contributed by atoms with Gasteiger partial charge in [0.1, 0.15) is 11.2 Å². The summed E-state index contributed by atoms with van der Waals surface area (Å²) in [4.78, 5) is 10.6. The third-order valence-electron chi connectivity index (χ3n) is 21.0. The predicted octanol–water partition coefficient (Wildman–Crippen LogP) is 21.4. The predicted molar refractivity (Wildman–Crippen MR) is 379 cm³/mol. The third-order valence-corrected chi connectivity index (χ3v) is 21.0. The van der Waals surface area contributed by atoms with Crippen LogP contribution in [-0.2, 0) is 32.5 Å². The number of nitrogens with zero attached hydrogens (tertiary/aromatic N) is 4. The van der Waals surface area contributed by atoms with E-state index in [9.17, 15) is 0 Å². The van der Waals surface area contributed by atoms with Crippen molar-refractivity contribution in [2.24, 2.45) is 0 Å². The fourth-order valence-electron chi connectivity index (χ4n) is 15.5. The Morgan fingerprint density at radius 2 is 0.852 bits per heavy atom. The fraction of sp³-hybridized carbons (Fsp3) is 0.341. The molecule has 5 nitrogen and oxygen atoms in total. The summed E-state index contributed by atoms with van der Waals surface area (Å²) in [6.07, 6.45) is 4.67. The number of rotatable bonds is 7. The summed E-state index contributed by atoms with van der Waals surface area (Å²) in [5, 5.41) is 2.22. The molecule has 0 bridgehead atoms. The van der Waals surface area contributed by atoms with Crippen LogP contribution < -0.4 is 36.0 Å². The van der Waals surface area contributed by atoms with Crippen LogP contribution >= 0.6 is 0 Å². The molecule has 0 N–H and O–H groups in total. The zero-order valence-corrected chi connectivity index (χ0v) is 55.4. The molecule has 10 aromatic rings. The van der Waals surface area contributed by atoms with Crippen molar-refractivity contribution >= 4 is 108 Å². The number of fused-ring (bicyclic) bond motifs is 10. The maximum atomic E-state index is 6.66. The van der Waals surface area contributed by atoms with Crippen LogP contribution in [0.2, 0.25) is 0 Å². The smallest absolute Gasteiger partial charge is 0.252 e. The van der Waals surface area contributed by atoms with Crippen molar-refractivity contribution < 1.29 is 4.42 Å². The molecule has 1 fully saturated rings. The minimum atomic E-state index is -0.196. The highest BCUT2D eigenvalue weighted by Gasteiger charge is 2.62. The maximum absolute atomic E-state index is 6.66. The van der Waals surface area contributed by atoms with Gasteiger partial charge in [0.15, 0.2) is 0 Å². The van der Waals surface area contributed by atoms with Crippen LogP contribution in [0.1, 0.15) is 177 Å². The molecule has 4 heterocycles. The average molecular weight is 1160 g/mol. The first-order valence-electron chi connectivity index (χ1n) is 32.6. The van der Waals surface area contributed by atoms with Gasteiger partial charge < -0.3 is 24.0 Å². The maximum Gasteiger partial charge on any atom is 0.252 e. The third kappa shape index (κ3) is 9.15. The van der Waals surface area contributed by atoms with Gasteiger partial charge in [0.05, 0.1) is 11.2 Å². The minimum absolute atomic E-state index is 0.00452. The van der Waals surface area contributed by atoms with E-state index in [-0.39, 0.29) is 44.7 Å². The lowest BCUT2D eigenvalue weighted by Gasteiger charge is -2.53. The molecule has 0 radical (unpaired) electrons. The topological polar surface area (TPSA) is 26.1 Å². The van der Waals surface area contributed by atoms with E-state index in [1.165, 1.54) is 85.4 Å². The Hall–Kier alpha value is -7.96. The molecule has 2 atom stereocenters. The Labute approximate surface area is 525 Å². The molecule has 14 rings (SSSR count). The van der Waals surface area contributed by atoms with Gasteiger partial charge in [-0.25, -0.2) is 0 Å². The molecule has 1 aliphatic carbocycles. The molecule has 2 unspecified atom stereocenters. The number of furan rings is 1. The van der Waals surface area contributed by atoms with E-state index in [0.29, 0.717) is 0 Å². The zero-order valence-electron chi connectivity index (χ0n) is 55.4. The van der Waals surface area contributed by atoms with Crippen molar-refractivity contribution in [3.05, 3.63) is 215 Å². The van der Waals surface area contributed by atoms with Crippen molar-refractivity contribution in [1.29, 1.82) is 0 Å². The quantitative estimate of drug-likeness (QED) is 0.148. The van der Waals surface area contributed by atoms with Gasteiger partial charge in [0.2, 0.25) is 0 Å². The molecule has 0 amide bonds. The van der Waals surface area contributed by atoms with Gasteiger partial charge in [-0.1, -0.05) is 209 Å². The van der Waals surface area contributed by atoms with Gasteiger partial charge in [-0.2, -0.15) is 0 Å². The molecule has 446 valence electrons. The summed E-state index contributed by atoms with van der Waals surface area (Å²) in [5.74, 6) is 0. The normalized spacial score (nSPS) is 18.1. The van der Waals surface area contributed by atoms with E-state index in [0.717, 1.165) is 74.6 Å². The first-order chi connectivity index (χ1) is 41.5. The molecule has 4 aliphatic rings. The summed E-state index contributed by atoms with van der Waals surface area (Å²) < 4.78 is 6.66. The van der Waals surface area contributed by atoms with E-state index < -0.39 is 0 Å². The second kappa shape index (κ2) is 19.8. The van der Waals surface area contributed by atoms with Crippen molar-refractivity contribution in [3.8, 4) is 0 Å². The molecule has 3 aliphatic heterocycles. The van der Waals surface area contributed by atoms with Crippen LogP contribution in [0.4, 0.5) is 62.6 Å². The molecule has 1 aromatic heterocycles. The van der Waals surface area contributed by atoms with Gasteiger partial charge in [0.25, 0.3) is 6.71 Å². The van der Waals surface area contributed by atoms with Crippen molar-refractivity contribution in [2.45, 2.75) is 181 Å². The van der Waals surface area contributed by atoms with Crippen LogP contribution in [0.5, 0.6) is 0 Å². The van der Waals surface area contributed by atoms with Crippen molar-refractivity contribution in [3.63, 3.8) is 0 Å². The number of hydrogen-bond acceptors (Lipinski definition) is 5. The van der Waals surface area contributed by atoms with Crippen LogP contribution in [-0.4, -0.2) is 12.3 Å². The highest BCUT2D eigenvalue weighted by atomic mass is 16.3. The highest BCUT2D eigenvalue weighted by Crippen LogP contribution is 2.63. The Morgan fingerprint density at radius 1 is 0.398 bits per heavy atom. The second-order valence-electron chi connectivity index (χ2n) is 31.9. The second-order valence-corrected chi connectivity index (χ2v) is 31.9. The summed E-state index contributed by atoms with van der Waals surface area (Å²) in [6.45, 7) is 40.1. The molecule has 0 saturated heterocycles. The first kappa shape index (κ1) is 57.8. The number of anilines is 11. The Kier molecular flexibility index (Phi) is 13.0. The Balaban J connectivity index is 1.11. The van der Waals surface area contributed by atoms with Crippen LogP contribution in [0.25, 0.3) is 21.9 Å². The fourth-order valence-corrected chi connectivity index (χ4v) is 15.5. The molecule has 1 saturated carbocycles. The molecule has 0 spiro atoms. The molecular weight excluding hydrogens is 1070 g/mol. The lowest BCUT2D eigenvalue weighted by Crippen LogP contribution is -2.64. The standard InChI is InChI=1S/C82H89BN4O/c1-76(2,3)52-24-32-57(33-25-52)84(58-34-26-53(27-35-58)77(4,5)6)62-40-42-67-69(49-62)86(61-41-43-73-65(48-61)64-22-18-19-23-72(64)88-73)70-50-63(85(59-36-28-54(29-37-59)78(7,8)9)60-38-30-55(31-39-60)79(10,11)12)51-71-74(70)83(67)68-47-56(80(13,14)15)46-66-75(68)87(71)82(17)45-21-20-44-81(66,82)16/h18-19,22-43,46-51H,20-21,44-45H2,1-17H3. The molecule has 9 aromatic carbocycles. The summed E-state index contributed by atoms with van der Waals surface area (Å²) in [6, 6.07) is 70.8. The van der Waals surface area contributed by atoms with Crippen LogP contribution in [0.15, 0.2) is 186 Å². The number of para-hydroxylation sites is 1. The van der Waals surface area contributed by atoms with E-state index in [4.69, 9.17) is 4.42 Å². The zero-order chi connectivity index (χ0) is 62.0. The lowest BCUT2D eigenvalue weighted by atomic mass is 9.33. The van der Waals surface area contributed by atoms with Gasteiger partial charge in [-0.3, -0.25) is 0 Å². The number of hydrogen-bond donors (Lipinski definition) is 0. The SMILES string of the molecule is CC(C)(C)c1ccc(N(c2ccc(C(C)(C)C)cc2)c2ccc3c(c2)N(c2ccc4oc5ccccc5c4c2)c2cc(N(c4ccc(C(C)(C)C)cc4)c4ccc(C(C)(C)C)cc4)cc4c2B3c2cc(C(C)(C)C)cc3c2N4C2(C)CCCCC32C)cc1. The van der Waals surface area contributed by atoms with Gasteiger partial charge in [-0.05, 0) is 194 Å². The van der Waals surface area contributed by atoms with Crippen molar-refractivity contribution in [1.82, 2.24) is 0 Å². The van der Waals surface area contributed by atoms with E-state index >= 15 is 0 Å². The summed E-state index contributed by atoms with van der Waals surface area (Å²) in [5.41, 5.74) is 26.6. The van der Waals surface area contributed by atoms with Crippen LogP contribution in [0, 0.1) is 0 Å². The summed E-state index contributed by atoms with van der Waals surface area (Å²) in [7, 11) is 0. The minimum Gasteiger partial charge on any atom is -0.456 e. The van der Waals surface area contributed by atoms with Gasteiger partial charge >= 0.3 is 0 Å². The Bertz CT molecular complexity index is 4270. The van der Waals surface area contributed by atoms with Crippen LogP contribution in [0.3, 0.4) is 0 Å². The molecule has 6 heteroatoms. The van der Waals surface area contributed by atoms with Gasteiger partial charge in [-0.15, -0.1) is 0 Å². The summed E-state index contributed by atoms with van der Waals surface area (Å²) >= 11 is 0. The largest absolute Gasteiger partial charge is 0.456 e. The van der Waals surface area contributed by atoms with Gasteiger partial charge in [0, 0.05) is 73.1 Å². The first-order valence-corrected chi connectivity index (χ1v) is 32.6. The van der Waals surface area contributed by atoms with E-state index in [1.807, 2.05) is 0 Å². The Morgan fingerprint density at radius 3 is 1.38 bits per heavy atom. The van der Waals surface area contributed by atoms with Crippen molar-refractivity contribution in [2.75, 3.05) is 19.6 Å². The average Bonchev–Trinajstić information content (AvgIpc) is 1.63. The molecule has 88 heavy (non-hydrogen) atoms. The van der Waals surface area contributed by atoms with E-state index in [1.54, 1.807) is 0 Å². The monoisotopic (exact) mass is 1160 g/mol. The highest BCUT2D eigenvalue weighted by molar-refractivity contribution is 7.00. The lowest BCUT2D eigenvalue weighted by molar-refractivity contribution is 0.195. The van der Waals surface area contributed by atoms with E-state index in [2.05, 4.69) is 319 Å². The molecular formula is C82H89BN4O.